The second-order valence-electron chi connectivity index (χ2n) is 6.57. The molecule has 0 atom stereocenters. The van der Waals surface area contributed by atoms with E-state index in [9.17, 15) is 8.42 Å². The normalized spacial score (nSPS) is 14.4. The van der Waals surface area contributed by atoms with E-state index in [1.807, 2.05) is 0 Å². The van der Waals surface area contributed by atoms with Crippen LogP contribution in [0.5, 0.6) is 0 Å². The number of halogens is 4. The summed E-state index contributed by atoms with van der Waals surface area (Å²) in [7, 11) is -3.71. The predicted octanol–water partition coefficient (Wildman–Crippen LogP) is 5.19. The minimum Gasteiger partial charge on any atom is -0.299 e. The second kappa shape index (κ2) is 10.5. The molecular formula is C19H22Cl4N2O2S. The van der Waals surface area contributed by atoms with Crippen LogP contribution in [0, 0.1) is 0 Å². The maximum atomic E-state index is 12.4. The van der Waals surface area contributed by atoms with Crippen molar-refractivity contribution in [2.24, 2.45) is 0 Å². The highest BCUT2D eigenvalue weighted by Crippen LogP contribution is 2.34. The molecule has 9 heteroatoms. The van der Waals surface area contributed by atoms with Crippen LogP contribution in [0.15, 0.2) is 41.3 Å². The summed E-state index contributed by atoms with van der Waals surface area (Å²) in [6.07, 6.45) is 2.73. The van der Waals surface area contributed by atoms with Crippen molar-refractivity contribution in [3.05, 3.63) is 62.6 Å². The van der Waals surface area contributed by atoms with Crippen LogP contribution in [0.1, 0.15) is 24.0 Å². The third-order valence-electron chi connectivity index (χ3n) is 4.69. The minimum atomic E-state index is -3.71. The van der Waals surface area contributed by atoms with E-state index >= 15 is 0 Å². The van der Waals surface area contributed by atoms with Gasteiger partial charge in [-0.15, -0.1) is 12.4 Å². The fraction of sp³-hybridized carbons (Fsp3) is 0.368. The van der Waals surface area contributed by atoms with Crippen molar-refractivity contribution in [3.63, 3.8) is 0 Å². The smallest absolute Gasteiger partial charge is 0.242 e. The highest BCUT2D eigenvalue weighted by Gasteiger charge is 2.21. The molecule has 28 heavy (non-hydrogen) atoms. The average molecular weight is 484 g/mol. The molecule has 1 aliphatic rings. The Labute approximate surface area is 187 Å². The minimum absolute atomic E-state index is 0. The molecule has 0 spiro atoms. The van der Waals surface area contributed by atoms with Gasteiger partial charge in [-0.2, -0.15) is 0 Å². The van der Waals surface area contributed by atoms with Crippen LogP contribution < -0.4 is 4.72 Å². The SMILES string of the molecule is Cl.O=S(=O)(NCCCCN1CCc2ccccc2C1)c1ccc(Cl)c(Cl)c1Cl. The van der Waals surface area contributed by atoms with E-state index in [2.05, 4.69) is 33.9 Å². The summed E-state index contributed by atoms with van der Waals surface area (Å²) < 4.78 is 27.4. The number of rotatable bonds is 7. The van der Waals surface area contributed by atoms with Crippen LogP contribution >= 0.6 is 47.2 Å². The van der Waals surface area contributed by atoms with E-state index in [1.54, 1.807) is 0 Å². The predicted molar refractivity (Wildman–Crippen MR) is 119 cm³/mol. The van der Waals surface area contributed by atoms with Gasteiger partial charge in [-0.3, -0.25) is 4.90 Å². The molecular weight excluding hydrogens is 462 g/mol. The second-order valence-corrected chi connectivity index (χ2v) is 9.47. The largest absolute Gasteiger partial charge is 0.299 e. The van der Waals surface area contributed by atoms with Crippen LogP contribution in [0.4, 0.5) is 0 Å². The molecule has 154 valence electrons. The standard InChI is InChI=1S/C19H21Cl3N2O2S.ClH/c20-16-7-8-17(19(22)18(16)21)27(25,26)23-10-3-4-11-24-12-9-14-5-1-2-6-15(14)13-24;/h1-2,5-8,23H,3-4,9-13H2;1H. The number of hydrogen-bond donors (Lipinski definition) is 1. The molecule has 2 aromatic rings. The molecule has 2 aromatic carbocycles. The first-order valence-corrected chi connectivity index (χ1v) is 11.4. The van der Waals surface area contributed by atoms with Gasteiger partial charge in [0.15, 0.2) is 0 Å². The zero-order valence-corrected chi connectivity index (χ0v) is 19.0. The molecule has 1 N–H and O–H groups in total. The summed E-state index contributed by atoms with van der Waals surface area (Å²) in [4.78, 5) is 2.36. The van der Waals surface area contributed by atoms with Gasteiger partial charge in [0, 0.05) is 19.6 Å². The first-order valence-electron chi connectivity index (χ1n) is 8.81. The Morgan fingerprint density at radius 1 is 0.964 bits per heavy atom. The lowest BCUT2D eigenvalue weighted by atomic mass is 10.00. The molecule has 0 aromatic heterocycles. The Balaban J connectivity index is 0.00000280. The van der Waals surface area contributed by atoms with E-state index in [0.717, 1.165) is 38.9 Å². The molecule has 0 radical (unpaired) electrons. The summed E-state index contributed by atoms with van der Waals surface area (Å²) in [6.45, 7) is 3.30. The van der Waals surface area contributed by atoms with Crippen molar-refractivity contribution in [2.75, 3.05) is 19.6 Å². The maximum Gasteiger partial charge on any atom is 0.242 e. The Hall–Kier alpha value is -0.530. The molecule has 1 aliphatic heterocycles. The molecule has 4 nitrogen and oxygen atoms in total. The van der Waals surface area contributed by atoms with E-state index in [-0.39, 0.29) is 32.4 Å². The number of unbranched alkanes of at least 4 members (excludes halogenated alkanes) is 1. The van der Waals surface area contributed by atoms with Crippen molar-refractivity contribution < 1.29 is 8.42 Å². The van der Waals surface area contributed by atoms with Crippen LogP contribution in [0.3, 0.4) is 0 Å². The summed E-state index contributed by atoms with van der Waals surface area (Å²) >= 11 is 17.8. The topological polar surface area (TPSA) is 49.4 Å². The molecule has 0 bridgehead atoms. The number of hydrogen-bond acceptors (Lipinski definition) is 3. The van der Waals surface area contributed by atoms with Crippen LogP contribution in [0.25, 0.3) is 0 Å². The number of sulfonamides is 1. The lowest BCUT2D eigenvalue weighted by Gasteiger charge is -2.28. The molecule has 1 heterocycles. The van der Waals surface area contributed by atoms with Gasteiger partial charge < -0.3 is 0 Å². The molecule has 0 fully saturated rings. The molecule has 0 amide bonds. The van der Waals surface area contributed by atoms with Crippen molar-refractivity contribution in [2.45, 2.75) is 30.7 Å². The van der Waals surface area contributed by atoms with Crippen LogP contribution in [-0.4, -0.2) is 33.0 Å². The van der Waals surface area contributed by atoms with Crippen molar-refractivity contribution in [3.8, 4) is 0 Å². The third kappa shape index (κ3) is 5.76. The van der Waals surface area contributed by atoms with E-state index in [4.69, 9.17) is 34.8 Å². The van der Waals surface area contributed by atoms with Gasteiger partial charge in [-0.25, -0.2) is 13.1 Å². The highest BCUT2D eigenvalue weighted by atomic mass is 35.5. The fourth-order valence-electron chi connectivity index (χ4n) is 3.21. The third-order valence-corrected chi connectivity index (χ3v) is 7.60. The number of fused-ring (bicyclic) bond motifs is 1. The average Bonchev–Trinajstić information content (AvgIpc) is 2.65. The summed E-state index contributed by atoms with van der Waals surface area (Å²) in [5.74, 6) is 0. The zero-order chi connectivity index (χ0) is 19.4. The zero-order valence-electron chi connectivity index (χ0n) is 15.1. The Morgan fingerprint density at radius 2 is 1.68 bits per heavy atom. The van der Waals surface area contributed by atoms with Gasteiger partial charge in [0.2, 0.25) is 10.0 Å². The molecule has 0 saturated heterocycles. The lowest BCUT2D eigenvalue weighted by molar-refractivity contribution is 0.249. The molecule has 0 aliphatic carbocycles. The Kier molecular flexibility index (Phi) is 8.89. The van der Waals surface area contributed by atoms with Gasteiger partial charge in [0.25, 0.3) is 0 Å². The summed E-state index contributed by atoms with van der Waals surface area (Å²) in [6, 6.07) is 11.3. The number of benzene rings is 2. The van der Waals surface area contributed by atoms with Crippen molar-refractivity contribution in [1.29, 1.82) is 0 Å². The molecule has 0 saturated carbocycles. The van der Waals surface area contributed by atoms with Gasteiger partial charge in [-0.05, 0) is 49.1 Å². The molecule has 0 unspecified atom stereocenters. The van der Waals surface area contributed by atoms with Crippen LogP contribution in [-0.2, 0) is 23.0 Å². The van der Waals surface area contributed by atoms with Crippen molar-refractivity contribution in [1.82, 2.24) is 9.62 Å². The Bertz CT molecular complexity index is 922. The van der Waals surface area contributed by atoms with Crippen LogP contribution in [0.2, 0.25) is 15.1 Å². The first kappa shape index (κ1) is 23.7. The van der Waals surface area contributed by atoms with Gasteiger partial charge in [0.05, 0.1) is 15.1 Å². The van der Waals surface area contributed by atoms with E-state index < -0.39 is 10.0 Å². The van der Waals surface area contributed by atoms with Gasteiger partial charge in [-0.1, -0.05) is 59.1 Å². The van der Waals surface area contributed by atoms with E-state index in [1.165, 1.54) is 23.3 Å². The fourth-order valence-corrected chi connectivity index (χ4v) is 5.26. The quantitative estimate of drug-likeness (QED) is 0.435. The number of nitrogens with zero attached hydrogens (tertiary/aromatic N) is 1. The summed E-state index contributed by atoms with van der Waals surface area (Å²) in [5, 5.41) is 0.221. The maximum absolute atomic E-state index is 12.4. The lowest BCUT2D eigenvalue weighted by Crippen LogP contribution is -2.32. The van der Waals surface area contributed by atoms with E-state index in [0.29, 0.717) is 6.54 Å². The Morgan fingerprint density at radius 3 is 2.43 bits per heavy atom. The van der Waals surface area contributed by atoms with Crippen molar-refractivity contribution >= 4 is 57.2 Å². The molecule has 3 rings (SSSR count). The number of nitrogens with one attached hydrogen (secondary N) is 1. The van der Waals surface area contributed by atoms with Gasteiger partial charge >= 0.3 is 0 Å². The highest BCUT2D eigenvalue weighted by molar-refractivity contribution is 7.89. The van der Waals surface area contributed by atoms with Gasteiger partial charge in [0.1, 0.15) is 4.90 Å². The summed E-state index contributed by atoms with van der Waals surface area (Å²) in [5.41, 5.74) is 2.82. The first-order chi connectivity index (χ1) is 12.9. The monoisotopic (exact) mass is 482 g/mol.